The van der Waals surface area contributed by atoms with Crippen LogP contribution in [0.1, 0.15) is 16.7 Å². The van der Waals surface area contributed by atoms with E-state index in [9.17, 15) is 9.59 Å². The molecule has 26 heavy (non-hydrogen) atoms. The van der Waals surface area contributed by atoms with Crippen molar-refractivity contribution in [2.24, 2.45) is 4.99 Å². The summed E-state index contributed by atoms with van der Waals surface area (Å²) in [6.07, 6.45) is 0. The van der Waals surface area contributed by atoms with Crippen molar-refractivity contribution < 1.29 is 9.59 Å². The zero-order chi connectivity index (χ0) is 18.4. The van der Waals surface area contributed by atoms with Crippen LogP contribution in [0.15, 0.2) is 52.4 Å². The molecule has 5 nitrogen and oxygen atoms in total. The third kappa shape index (κ3) is 2.63. The Morgan fingerprint density at radius 1 is 1.08 bits per heavy atom. The number of carbonyl (C=O) groups excluding carboxylic acids is 2. The maximum absolute atomic E-state index is 12.7. The summed E-state index contributed by atoms with van der Waals surface area (Å²) in [6.45, 7) is 4.01. The molecule has 2 aliphatic rings. The smallest absolute Gasteiger partial charge is 0.264 e. The van der Waals surface area contributed by atoms with Crippen molar-refractivity contribution in [2.45, 2.75) is 13.8 Å². The van der Waals surface area contributed by atoms with Crippen LogP contribution in [0.4, 0.5) is 11.4 Å². The summed E-state index contributed by atoms with van der Waals surface area (Å²) in [7, 11) is 1.72. The summed E-state index contributed by atoms with van der Waals surface area (Å²) in [5.74, 6) is -0.455. The molecule has 2 heterocycles. The van der Waals surface area contributed by atoms with Crippen molar-refractivity contribution in [1.29, 1.82) is 0 Å². The van der Waals surface area contributed by atoms with Gasteiger partial charge in [0.05, 0.1) is 21.9 Å². The van der Waals surface area contributed by atoms with Crippen molar-refractivity contribution in [1.82, 2.24) is 5.32 Å². The van der Waals surface area contributed by atoms with Crippen LogP contribution in [-0.2, 0) is 9.59 Å². The van der Waals surface area contributed by atoms with Gasteiger partial charge >= 0.3 is 0 Å². The molecule has 0 unspecified atom stereocenters. The minimum atomic E-state index is -0.285. The molecule has 1 fully saturated rings. The lowest BCUT2D eigenvalue weighted by molar-refractivity contribution is -0.116. The van der Waals surface area contributed by atoms with Gasteiger partial charge in [0.2, 0.25) is 0 Å². The minimum absolute atomic E-state index is 0.170. The van der Waals surface area contributed by atoms with E-state index in [0.717, 1.165) is 28.1 Å². The van der Waals surface area contributed by atoms with E-state index in [1.54, 1.807) is 11.9 Å². The molecule has 2 amide bonds. The minimum Gasteiger partial charge on any atom is -0.311 e. The molecule has 2 aromatic carbocycles. The fourth-order valence-electron chi connectivity index (χ4n) is 3.17. The first-order chi connectivity index (χ1) is 12.5. The number of aliphatic imine (C=N–C) groups is 1. The number of carbonyl (C=O) groups is 2. The second-order valence-corrected chi connectivity index (χ2v) is 7.35. The molecule has 0 radical (unpaired) electrons. The highest BCUT2D eigenvalue weighted by molar-refractivity contribution is 8.18. The largest absolute Gasteiger partial charge is 0.311 e. The van der Waals surface area contributed by atoms with Gasteiger partial charge < -0.3 is 10.2 Å². The quantitative estimate of drug-likeness (QED) is 0.789. The van der Waals surface area contributed by atoms with Gasteiger partial charge in [-0.3, -0.25) is 9.59 Å². The van der Waals surface area contributed by atoms with Crippen LogP contribution >= 0.6 is 11.8 Å². The molecule has 2 aliphatic heterocycles. The molecular weight excluding hydrogens is 346 g/mol. The van der Waals surface area contributed by atoms with Gasteiger partial charge in [-0.15, -0.1) is 0 Å². The molecule has 0 bridgehead atoms. The van der Waals surface area contributed by atoms with E-state index >= 15 is 0 Å². The van der Waals surface area contributed by atoms with E-state index in [4.69, 9.17) is 0 Å². The Morgan fingerprint density at radius 3 is 2.62 bits per heavy atom. The monoisotopic (exact) mass is 363 g/mol. The van der Waals surface area contributed by atoms with Crippen LogP contribution < -0.4 is 10.2 Å². The van der Waals surface area contributed by atoms with Gasteiger partial charge in [0.25, 0.3) is 11.8 Å². The number of anilines is 1. The van der Waals surface area contributed by atoms with Gasteiger partial charge in [-0.25, -0.2) is 4.99 Å². The van der Waals surface area contributed by atoms with E-state index in [0.29, 0.717) is 15.6 Å². The number of benzene rings is 2. The second kappa shape index (κ2) is 6.14. The third-order valence-electron chi connectivity index (χ3n) is 4.48. The van der Waals surface area contributed by atoms with Crippen molar-refractivity contribution in [3.8, 4) is 0 Å². The molecule has 0 aromatic heterocycles. The van der Waals surface area contributed by atoms with Crippen LogP contribution in [0.5, 0.6) is 0 Å². The number of rotatable bonds is 1. The number of likely N-dealkylation sites (N-methyl/N-ethyl adjacent to an activating group) is 1. The molecule has 1 saturated heterocycles. The molecule has 0 aliphatic carbocycles. The molecule has 4 rings (SSSR count). The van der Waals surface area contributed by atoms with Crippen LogP contribution in [-0.4, -0.2) is 24.0 Å². The van der Waals surface area contributed by atoms with Gasteiger partial charge in [-0.2, -0.15) is 0 Å². The lowest BCUT2D eigenvalue weighted by Gasteiger charge is -2.08. The van der Waals surface area contributed by atoms with E-state index in [2.05, 4.69) is 10.3 Å². The molecule has 0 atom stereocenters. The van der Waals surface area contributed by atoms with E-state index in [1.165, 1.54) is 11.8 Å². The Morgan fingerprint density at radius 2 is 1.85 bits per heavy atom. The predicted octanol–water partition coefficient (Wildman–Crippen LogP) is 3.54. The summed E-state index contributed by atoms with van der Waals surface area (Å²) in [4.78, 5) is 31.7. The average molecular weight is 363 g/mol. The first kappa shape index (κ1) is 16.6. The summed E-state index contributed by atoms with van der Waals surface area (Å²) < 4.78 is 0. The average Bonchev–Trinajstić information content (AvgIpc) is 3.08. The fourth-order valence-corrected chi connectivity index (χ4v) is 4.09. The van der Waals surface area contributed by atoms with Crippen molar-refractivity contribution in [2.75, 3.05) is 11.9 Å². The van der Waals surface area contributed by atoms with E-state index < -0.39 is 0 Å². The molecule has 2 aromatic rings. The topological polar surface area (TPSA) is 61.8 Å². The van der Waals surface area contributed by atoms with Gasteiger partial charge in [0, 0.05) is 12.6 Å². The zero-order valence-corrected chi connectivity index (χ0v) is 15.5. The highest BCUT2D eigenvalue weighted by atomic mass is 32.2. The highest BCUT2D eigenvalue weighted by Crippen LogP contribution is 2.42. The predicted molar refractivity (Wildman–Crippen MR) is 106 cm³/mol. The number of hydrogen-bond acceptors (Lipinski definition) is 4. The number of amidine groups is 1. The summed E-state index contributed by atoms with van der Waals surface area (Å²) >= 11 is 1.21. The lowest BCUT2D eigenvalue weighted by atomic mass is 10.1. The Labute approximate surface area is 155 Å². The first-order valence-electron chi connectivity index (χ1n) is 8.22. The SMILES string of the molecule is Cc1ccc(N=C2NC(=O)C(=C3C(=O)N(C)c4ccccc43)S2)c(C)c1. The molecule has 0 saturated carbocycles. The van der Waals surface area contributed by atoms with Crippen molar-refractivity contribution in [3.05, 3.63) is 64.1 Å². The Balaban J connectivity index is 1.76. The Hall–Kier alpha value is -2.86. The molecular formula is C20H17N3O2S. The lowest BCUT2D eigenvalue weighted by Crippen LogP contribution is -2.23. The number of hydrogen-bond donors (Lipinski definition) is 1. The Bertz CT molecular complexity index is 1020. The first-order valence-corrected chi connectivity index (χ1v) is 9.04. The van der Waals surface area contributed by atoms with Gasteiger partial charge in [-0.05, 0) is 43.3 Å². The standard InChI is InChI=1S/C20H17N3O2S/c1-11-8-9-14(12(2)10-11)21-20-22-18(24)17(26-20)16-13-6-4-5-7-15(13)23(3)19(16)25/h4-10H,1-3H3,(H,21,22,24). The van der Waals surface area contributed by atoms with E-state index in [-0.39, 0.29) is 11.8 Å². The fraction of sp³-hybridized carbons (Fsp3) is 0.150. The zero-order valence-electron chi connectivity index (χ0n) is 14.7. The van der Waals surface area contributed by atoms with Crippen molar-refractivity contribution >= 4 is 45.7 Å². The summed E-state index contributed by atoms with van der Waals surface area (Å²) in [5, 5.41) is 3.27. The number of nitrogens with one attached hydrogen (secondary N) is 1. The van der Waals surface area contributed by atoms with Gasteiger partial charge in [-0.1, -0.05) is 35.9 Å². The number of para-hydroxylation sites is 1. The van der Waals surface area contributed by atoms with Gasteiger partial charge in [0.15, 0.2) is 5.17 Å². The number of amides is 2. The summed E-state index contributed by atoms with van der Waals surface area (Å²) in [5.41, 5.74) is 5.04. The van der Waals surface area contributed by atoms with Crippen LogP contribution in [0.3, 0.4) is 0 Å². The molecule has 1 N–H and O–H groups in total. The molecule has 0 spiro atoms. The number of aryl methyl sites for hydroxylation is 2. The number of nitrogens with zero attached hydrogens (tertiary/aromatic N) is 2. The molecule has 130 valence electrons. The van der Waals surface area contributed by atoms with Crippen LogP contribution in [0.25, 0.3) is 5.57 Å². The normalized spacial score (nSPS) is 20.7. The maximum Gasteiger partial charge on any atom is 0.264 e. The number of fused-ring (bicyclic) bond motifs is 1. The maximum atomic E-state index is 12.7. The summed E-state index contributed by atoms with van der Waals surface area (Å²) in [6, 6.07) is 13.5. The van der Waals surface area contributed by atoms with Crippen molar-refractivity contribution in [3.63, 3.8) is 0 Å². The third-order valence-corrected chi connectivity index (χ3v) is 5.46. The van der Waals surface area contributed by atoms with E-state index in [1.807, 2.05) is 56.3 Å². The second-order valence-electron chi connectivity index (χ2n) is 6.35. The number of thioether (sulfide) groups is 1. The van der Waals surface area contributed by atoms with Gasteiger partial charge in [0.1, 0.15) is 0 Å². The highest BCUT2D eigenvalue weighted by Gasteiger charge is 2.37. The Kier molecular flexibility index (Phi) is 3.92. The van der Waals surface area contributed by atoms with Crippen LogP contribution in [0.2, 0.25) is 0 Å². The molecule has 6 heteroatoms. The van der Waals surface area contributed by atoms with Crippen LogP contribution in [0, 0.1) is 13.8 Å².